The molecule has 3 rings (SSSR count). The molecule has 1 fully saturated rings. The molecule has 1 heterocycles. The van der Waals surface area contributed by atoms with Crippen molar-refractivity contribution in [3.8, 4) is 5.75 Å². The number of hydrogen-bond donors (Lipinski definition) is 1. The number of amides is 1. The molecule has 2 aliphatic rings. The summed E-state index contributed by atoms with van der Waals surface area (Å²) in [5.74, 6) is 0.587. The summed E-state index contributed by atoms with van der Waals surface area (Å²) in [6.07, 6.45) is 1.56. The highest BCUT2D eigenvalue weighted by atomic mass is 79.9. The number of fused-ring (bicyclic) bond motifs is 1. The lowest BCUT2D eigenvalue weighted by atomic mass is 10.2. The van der Waals surface area contributed by atoms with Crippen LogP contribution in [0.2, 0.25) is 5.02 Å². The summed E-state index contributed by atoms with van der Waals surface area (Å²) in [5.41, 5.74) is 0.0545. The van der Waals surface area contributed by atoms with E-state index in [4.69, 9.17) is 16.3 Å². The highest BCUT2D eigenvalue weighted by Crippen LogP contribution is 2.49. The number of hydrogen-bond acceptors (Lipinski definition) is 2. The predicted molar refractivity (Wildman–Crippen MR) is 60.4 cm³/mol. The number of carbonyl (C=O) groups is 1. The Morgan fingerprint density at radius 2 is 2.20 bits per heavy atom. The quantitative estimate of drug-likeness (QED) is 0.797. The lowest BCUT2D eigenvalue weighted by Gasteiger charge is -2.26. The summed E-state index contributed by atoms with van der Waals surface area (Å²) in [7, 11) is 0. The third kappa shape index (κ3) is 1.35. The number of benzene rings is 1. The maximum absolute atomic E-state index is 11.7. The Balaban J connectivity index is 2.12. The van der Waals surface area contributed by atoms with Crippen LogP contribution in [0.15, 0.2) is 16.6 Å². The van der Waals surface area contributed by atoms with E-state index >= 15 is 0 Å². The molecule has 1 aromatic rings. The Morgan fingerprint density at radius 1 is 1.47 bits per heavy atom. The summed E-state index contributed by atoms with van der Waals surface area (Å²) in [5, 5.41) is 3.43. The van der Waals surface area contributed by atoms with Gasteiger partial charge >= 0.3 is 0 Å². The van der Waals surface area contributed by atoms with Crippen molar-refractivity contribution in [2.24, 2.45) is 0 Å². The summed E-state index contributed by atoms with van der Waals surface area (Å²) in [6, 6.07) is 3.45. The lowest BCUT2D eigenvalue weighted by molar-refractivity contribution is -0.125. The first-order valence-corrected chi connectivity index (χ1v) is 5.77. The van der Waals surface area contributed by atoms with Crippen LogP contribution < -0.4 is 10.1 Å². The van der Waals surface area contributed by atoms with Crippen LogP contribution in [-0.4, -0.2) is 11.5 Å². The highest BCUT2D eigenvalue weighted by Gasteiger charge is 2.55. The summed E-state index contributed by atoms with van der Waals surface area (Å²) in [4.78, 5) is 11.7. The van der Waals surface area contributed by atoms with E-state index in [1.807, 2.05) is 0 Å². The van der Waals surface area contributed by atoms with Crippen LogP contribution >= 0.6 is 27.5 Å². The largest absolute Gasteiger partial charge is 0.475 e. The van der Waals surface area contributed by atoms with Crippen molar-refractivity contribution in [1.82, 2.24) is 0 Å². The van der Waals surface area contributed by atoms with Crippen LogP contribution in [0.25, 0.3) is 0 Å². The normalized spacial score (nSPS) is 20.5. The van der Waals surface area contributed by atoms with E-state index in [2.05, 4.69) is 21.2 Å². The van der Waals surface area contributed by atoms with Crippen molar-refractivity contribution < 1.29 is 9.53 Å². The van der Waals surface area contributed by atoms with E-state index in [0.717, 1.165) is 17.3 Å². The SMILES string of the molecule is O=C1Nc2c(Br)cc(Cl)cc2OC12CC2. The molecule has 3 nitrogen and oxygen atoms in total. The van der Waals surface area contributed by atoms with Gasteiger partial charge in [-0.3, -0.25) is 4.79 Å². The molecule has 1 N–H and O–H groups in total. The van der Waals surface area contributed by atoms with Gasteiger partial charge in [-0.2, -0.15) is 0 Å². The molecular weight excluding hydrogens is 281 g/mol. The third-order valence-corrected chi connectivity index (χ3v) is 3.52. The predicted octanol–water partition coefficient (Wildman–Crippen LogP) is 2.97. The maximum Gasteiger partial charge on any atom is 0.268 e. The van der Waals surface area contributed by atoms with Gasteiger partial charge in [-0.25, -0.2) is 0 Å². The molecule has 1 amide bonds. The molecule has 0 atom stereocenters. The minimum absolute atomic E-state index is 0.0574. The number of halogens is 2. The first-order chi connectivity index (χ1) is 7.11. The highest BCUT2D eigenvalue weighted by molar-refractivity contribution is 9.10. The minimum Gasteiger partial charge on any atom is -0.475 e. The Hall–Kier alpha value is -0.740. The van der Waals surface area contributed by atoms with E-state index in [1.54, 1.807) is 12.1 Å². The molecular formula is C10H7BrClNO2. The smallest absolute Gasteiger partial charge is 0.268 e. The standard InChI is InChI=1S/C10H7BrClNO2/c11-6-3-5(12)4-7-8(6)13-9(14)10(15-7)1-2-10/h3-4H,1-2H2,(H,13,14). The number of ether oxygens (including phenoxy) is 1. The molecule has 0 aromatic heterocycles. The zero-order valence-corrected chi connectivity index (χ0v) is 9.98. The molecule has 0 saturated heterocycles. The van der Waals surface area contributed by atoms with Crippen LogP contribution in [0, 0.1) is 0 Å². The fourth-order valence-corrected chi connectivity index (χ4v) is 2.56. The topological polar surface area (TPSA) is 38.3 Å². The minimum atomic E-state index is -0.614. The number of anilines is 1. The van der Waals surface area contributed by atoms with Crippen LogP contribution in [0.4, 0.5) is 5.69 Å². The van der Waals surface area contributed by atoms with E-state index in [1.165, 1.54) is 0 Å². The Bertz CT molecular complexity index is 471. The Morgan fingerprint density at radius 3 is 2.87 bits per heavy atom. The van der Waals surface area contributed by atoms with Gasteiger partial charge in [0.05, 0.1) is 5.69 Å². The molecule has 1 aliphatic heterocycles. The van der Waals surface area contributed by atoms with E-state index in [9.17, 15) is 4.79 Å². The van der Waals surface area contributed by atoms with Crippen LogP contribution in [0.1, 0.15) is 12.8 Å². The fraction of sp³-hybridized carbons (Fsp3) is 0.300. The van der Waals surface area contributed by atoms with Crippen LogP contribution in [0.5, 0.6) is 5.75 Å². The van der Waals surface area contributed by atoms with Crippen molar-refractivity contribution >= 4 is 39.1 Å². The molecule has 1 saturated carbocycles. The first kappa shape index (κ1) is 9.48. The van der Waals surface area contributed by atoms with Crippen molar-refractivity contribution in [1.29, 1.82) is 0 Å². The molecule has 5 heteroatoms. The Labute approximate surface area is 99.9 Å². The van der Waals surface area contributed by atoms with Crippen molar-refractivity contribution in [3.63, 3.8) is 0 Å². The zero-order valence-electron chi connectivity index (χ0n) is 7.64. The van der Waals surface area contributed by atoms with E-state index in [-0.39, 0.29) is 5.91 Å². The second kappa shape index (κ2) is 2.89. The van der Waals surface area contributed by atoms with Gasteiger partial charge in [0.1, 0.15) is 5.75 Å². The first-order valence-electron chi connectivity index (χ1n) is 4.60. The van der Waals surface area contributed by atoms with Gasteiger partial charge in [-0.1, -0.05) is 11.6 Å². The zero-order chi connectivity index (χ0) is 10.6. The van der Waals surface area contributed by atoms with Gasteiger partial charge in [-0.15, -0.1) is 0 Å². The van der Waals surface area contributed by atoms with Gasteiger partial charge < -0.3 is 10.1 Å². The van der Waals surface area contributed by atoms with E-state index < -0.39 is 5.60 Å². The van der Waals surface area contributed by atoms with E-state index in [0.29, 0.717) is 16.5 Å². The lowest BCUT2D eigenvalue weighted by Crippen LogP contribution is -2.39. The van der Waals surface area contributed by atoms with Gasteiger partial charge in [0.2, 0.25) is 0 Å². The summed E-state index contributed by atoms with van der Waals surface area (Å²) >= 11 is 9.25. The fourth-order valence-electron chi connectivity index (χ4n) is 1.68. The molecule has 0 radical (unpaired) electrons. The molecule has 1 spiro atoms. The number of rotatable bonds is 0. The van der Waals surface area contributed by atoms with Crippen LogP contribution in [0.3, 0.4) is 0 Å². The monoisotopic (exact) mass is 287 g/mol. The summed E-state index contributed by atoms with van der Waals surface area (Å²) in [6.45, 7) is 0. The van der Waals surface area contributed by atoms with Crippen molar-refractivity contribution in [2.75, 3.05) is 5.32 Å². The summed E-state index contributed by atoms with van der Waals surface area (Å²) < 4.78 is 6.42. The van der Waals surface area contributed by atoms with Gasteiger partial charge in [0.15, 0.2) is 5.60 Å². The van der Waals surface area contributed by atoms with Crippen LogP contribution in [-0.2, 0) is 4.79 Å². The van der Waals surface area contributed by atoms with Crippen molar-refractivity contribution in [3.05, 3.63) is 21.6 Å². The molecule has 0 bridgehead atoms. The molecule has 0 unspecified atom stereocenters. The van der Waals surface area contributed by atoms with Crippen molar-refractivity contribution in [2.45, 2.75) is 18.4 Å². The van der Waals surface area contributed by atoms with Gasteiger partial charge in [0, 0.05) is 28.4 Å². The second-order valence-electron chi connectivity index (χ2n) is 3.81. The number of carbonyl (C=O) groups excluding carboxylic acids is 1. The number of nitrogens with one attached hydrogen (secondary N) is 1. The average molecular weight is 289 g/mol. The third-order valence-electron chi connectivity index (χ3n) is 2.68. The molecule has 1 aromatic carbocycles. The maximum atomic E-state index is 11.7. The average Bonchev–Trinajstić information content (AvgIpc) is 2.90. The Kier molecular flexibility index (Phi) is 1.83. The van der Waals surface area contributed by atoms with Gasteiger partial charge in [-0.05, 0) is 22.0 Å². The second-order valence-corrected chi connectivity index (χ2v) is 5.10. The van der Waals surface area contributed by atoms with Gasteiger partial charge in [0.25, 0.3) is 5.91 Å². The molecule has 78 valence electrons. The molecule has 1 aliphatic carbocycles. The molecule has 15 heavy (non-hydrogen) atoms.